The van der Waals surface area contributed by atoms with E-state index in [4.69, 9.17) is 9.47 Å². The van der Waals surface area contributed by atoms with Gasteiger partial charge in [0.25, 0.3) is 5.91 Å². The number of aliphatic imine (C=N–C) groups is 1. The monoisotopic (exact) mass is 461 g/mol. The number of para-hydroxylation sites is 1. The van der Waals surface area contributed by atoms with Crippen LogP contribution in [0.4, 0.5) is 5.69 Å². The smallest absolute Gasteiger partial charge is 0.297 e. The lowest BCUT2D eigenvalue weighted by molar-refractivity contribution is -0.121. The molecule has 0 bridgehead atoms. The van der Waals surface area contributed by atoms with E-state index >= 15 is 0 Å². The molecule has 6 heteroatoms. The van der Waals surface area contributed by atoms with Gasteiger partial charge in [-0.1, -0.05) is 60.7 Å². The van der Waals surface area contributed by atoms with Crippen molar-refractivity contribution < 1.29 is 14.3 Å². The van der Waals surface area contributed by atoms with E-state index in [0.717, 1.165) is 28.3 Å². The fourth-order valence-corrected chi connectivity index (χ4v) is 3.65. The van der Waals surface area contributed by atoms with Crippen molar-refractivity contribution in [2.45, 2.75) is 0 Å². The highest BCUT2D eigenvalue weighted by molar-refractivity contribution is 6.20. The molecule has 35 heavy (non-hydrogen) atoms. The third kappa shape index (κ3) is 5.07. The number of benzene rings is 4. The second kappa shape index (κ2) is 9.97. The molecule has 1 heterocycles. The summed E-state index contributed by atoms with van der Waals surface area (Å²) in [6.07, 6.45) is 1.76. The first kappa shape index (κ1) is 22.0. The van der Waals surface area contributed by atoms with Crippen LogP contribution in [0.3, 0.4) is 0 Å². The molecule has 0 radical (unpaired) electrons. The van der Waals surface area contributed by atoms with Gasteiger partial charge in [-0.3, -0.25) is 10.2 Å². The molecule has 4 aromatic carbocycles. The van der Waals surface area contributed by atoms with Crippen molar-refractivity contribution in [2.75, 3.05) is 12.5 Å². The molecule has 0 saturated heterocycles. The van der Waals surface area contributed by atoms with E-state index < -0.39 is 0 Å². The highest BCUT2D eigenvalue weighted by Crippen LogP contribution is 2.26. The van der Waals surface area contributed by atoms with E-state index in [1.165, 1.54) is 5.01 Å². The van der Waals surface area contributed by atoms with Crippen molar-refractivity contribution in [3.05, 3.63) is 126 Å². The molecule has 172 valence electrons. The number of carbonyl (C=O) groups is 1. The molecule has 6 nitrogen and oxygen atoms in total. The first-order chi connectivity index (χ1) is 17.2. The Labute approximate surface area is 203 Å². The molecule has 0 unspecified atom stereocenters. The molecule has 0 saturated carbocycles. The number of carbonyl (C=O) groups excluding carboxylic acids is 1. The third-order valence-corrected chi connectivity index (χ3v) is 5.36. The Bertz CT molecular complexity index is 1380. The van der Waals surface area contributed by atoms with Crippen LogP contribution in [-0.4, -0.2) is 23.9 Å². The number of amidine groups is 1. The van der Waals surface area contributed by atoms with Crippen molar-refractivity contribution in [1.82, 2.24) is 5.01 Å². The van der Waals surface area contributed by atoms with Crippen molar-refractivity contribution in [3.63, 3.8) is 0 Å². The summed E-state index contributed by atoms with van der Waals surface area (Å²) in [5, 5.41) is 1.47. The SMILES string of the molecule is COc1ccc(NN2C(=O)C(=Cc3cccc(Oc4ccccc4)c3)N=C2c2ccccc2)cc1. The second-order valence-electron chi connectivity index (χ2n) is 7.80. The van der Waals surface area contributed by atoms with Crippen molar-refractivity contribution in [3.8, 4) is 17.2 Å². The summed E-state index contributed by atoms with van der Waals surface area (Å²) in [5.41, 5.74) is 5.88. The van der Waals surface area contributed by atoms with Gasteiger partial charge < -0.3 is 9.47 Å². The maximum absolute atomic E-state index is 13.4. The third-order valence-electron chi connectivity index (χ3n) is 5.36. The molecule has 4 aromatic rings. The molecule has 0 spiro atoms. The van der Waals surface area contributed by atoms with E-state index in [-0.39, 0.29) is 5.91 Å². The Morgan fingerprint density at radius 1 is 0.771 bits per heavy atom. The van der Waals surface area contributed by atoms with Gasteiger partial charge in [0.05, 0.1) is 12.8 Å². The van der Waals surface area contributed by atoms with Crippen LogP contribution >= 0.6 is 0 Å². The summed E-state index contributed by atoms with van der Waals surface area (Å²) in [4.78, 5) is 18.1. The molecule has 0 fully saturated rings. The highest BCUT2D eigenvalue weighted by Gasteiger charge is 2.31. The van der Waals surface area contributed by atoms with Crippen LogP contribution in [-0.2, 0) is 4.79 Å². The second-order valence-corrected chi connectivity index (χ2v) is 7.80. The van der Waals surface area contributed by atoms with E-state index in [0.29, 0.717) is 17.3 Å². The molecule has 0 atom stereocenters. The van der Waals surface area contributed by atoms with Gasteiger partial charge in [0.1, 0.15) is 22.9 Å². The van der Waals surface area contributed by atoms with Gasteiger partial charge in [-0.2, -0.15) is 5.01 Å². The van der Waals surface area contributed by atoms with E-state index in [1.807, 2.05) is 109 Å². The number of hydrogen-bond donors (Lipinski definition) is 1. The number of rotatable bonds is 7. The molecule has 5 rings (SSSR count). The van der Waals surface area contributed by atoms with Gasteiger partial charge >= 0.3 is 0 Å². The predicted octanol–water partition coefficient (Wildman–Crippen LogP) is 6.14. The minimum atomic E-state index is -0.256. The van der Waals surface area contributed by atoms with Gasteiger partial charge in [0.2, 0.25) is 0 Å². The topological polar surface area (TPSA) is 63.2 Å². The average Bonchev–Trinajstić information content (AvgIpc) is 3.20. The van der Waals surface area contributed by atoms with Crippen LogP contribution in [0.15, 0.2) is 120 Å². The van der Waals surface area contributed by atoms with Gasteiger partial charge in [0.15, 0.2) is 5.84 Å². The minimum absolute atomic E-state index is 0.256. The summed E-state index contributed by atoms with van der Waals surface area (Å²) >= 11 is 0. The van der Waals surface area contributed by atoms with Crippen LogP contribution in [0.5, 0.6) is 17.2 Å². The van der Waals surface area contributed by atoms with E-state index in [2.05, 4.69) is 10.4 Å². The largest absolute Gasteiger partial charge is 0.497 e. The standard InChI is InChI=1S/C29H23N3O3/c1-34-24-17-15-23(16-18-24)31-32-28(22-10-4-2-5-11-22)30-27(29(32)33)20-21-9-8-14-26(19-21)35-25-12-6-3-7-13-25/h2-20,31H,1H3. The van der Waals surface area contributed by atoms with Crippen LogP contribution in [0.1, 0.15) is 11.1 Å². The fourth-order valence-electron chi connectivity index (χ4n) is 3.65. The molecule has 1 aliphatic rings. The number of hydrazine groups is 1. The van der Waals surface area contributed by atoms with Crippen molar-refractivity contribution >= 4 is 23.5 Å². The zero-order chi connectivity index (χ0) is 24.0. The number of hydrogen-bond acceptors (Lipinski definition) is 5. The quantitative estimate of drug-likeness (QED) is 0.336. The van der Waals surface area contributed by atoms with Crippen molar-refractivity contribution in [1.29, 1.82) is 0 Å². The van der Waals surface area contributed by atoms with Crippen LogP contribution in [0.25, 0.3) is 6.08 Å². The molecule has 1 aliphatic heterocycles. The van der Waals surface area contributed by atoms with Gasteiger partial charge in [-0.05, 0) is 60.2 Å². The summed E-state index contributed by atoms with van der Waals surface area (Å²) in [6, 6.07) is 34.1. The molecule has 0 aromatic heterocycles. The summed E-state index contributed by atoms with van der Waals surface area (Å²) < 4.78 is 11.2. The van der Waals surface area contributed by atoms with E-state index in [9.17, 15) is 4.79 Å². The number of anilines is 1. The Kier molecular flexibility index (Phi) is 6.26. The van der Waals surface area contributed by atoms with Crippen molar-refractivity contribution in [2.24, 2.45) is 4.99 Å². The zero-order valence-electron chi connectivity index (χ0n) is 19.1. The fraction of sp³-hybridized carbons (Fsp3) is 0.0345. The van der Waals surface area contributed by atoms with Crippen LogP contribution < -0.4 is 14.9 Å². The number of ether oxygens (including phenoxy) is 2. The van der Waals surface area contributed by atoms with Gasteiger partial charge in [-0.15, -0.1) is 0 Å². The normalized spacial score (nSPS) is 14.1. The maximum atomic E-state index is 13.4. The molecule has 1 N–H and O–H groups in total. The summed E-state index contributed by atoms with van der Waals surface area (Å²) in [5.74, 6) is 2.42. The Hall–Kier alpha value is -4.84. The maximum Gasteiger partial charge on any atom is 0.297 e. The average molecular weight is 462 g/mol. The van der Waals surface area contributed by atoms with E-state index in [1.54, 1.807) is 13.2 Å². The van der Waals surface area contributed by atoms with Gasteiger partial charge in [0, 0.05) is 5.56 Å². The van der Waals surface area contributed by atoms with Gasteiger partial charge in [-0.25, -0.2) is 4.99 Å². The summed E-state index contributed by atoms with van der Waals surface area (Å²) in [7, 11) is 1.61. The Morgan fingerprint density at radius 2 is 1.46 bits per heavy atom. The number of methoxy groups -OCH3 is 1. The Balaban J connectivity index is 1.45. The van der Waals surface area contributed by atoms with Crippen LogP contribution in [0.2, 0.25) is 0 Å². The first-order valence-electron chi connectivity index (χ1n) is 11.1. The molecule has 0 aliphatic carbocycles. The lowest BCUT2D eigenvalue weighted by Gasteiger charge is -2.20. The summed E-state index contributed by atoms with van der Waals surface area (Å²) in [6.45, 7) is 0. The number of nitrogens with zero attached hydrogens (tertiary/aromatic N) is 2. The molecular formula is C29H23N3O3. The van der Waals surface area contributed by atoms with Crippen LogP contribution in [0, 0.1) is 0 Å². The minimum Gasteiger partial charge on any atom is -0.497 e. The Morgan fingerprint density at radius 3 is 2.17 bits per heavy atom. The lowest BCUT2D eigenvalue weighted by Crippen LogP contribution is -2.37. The molecular weight excluding hydrogens is 438 g/mol. The number of nitrogens with one attached hydrogen (secondary N) is 1. The molecule has 1 amide bonds. The highest BCUT2D eigenvalue weighted by atomic mass is 16.5. The first-order valence-corrected chi connectivity index (χ1v) is 11.1. The predicted molar refractivity (Wildman–Crippen MR) is 137 cm³/mol. The number of amides is 1. The lowest BCUT2D eigenvalue weighted by atomic mass is 10.2. The zero-order valence-corrected chi connectivity index (χ0v) is 19.1.